The van der Waals surface area contributed by atoms with Crippen molar-refractivity contribution in [1.82, 2.24) is 0 Å². The van der Waals surface area contributed by atoms with Crippen LogP contribution >= 0.6 is 0 Å². The zero-order valence-corrected chi connectivity index (χ0v) is 12.4. The molecule has 1 aromatic rings. The summed E-state index contributed by atoms with van der Waals surface area (Å²) in [5.41, 5.74) is 1.11. The second kappa shape index (κ2) is 8.31. The Morgan fingerprint density at radius 1 is 0.947 bits per heavy atom. The van der Waals surface area contributed by atoms with E-state index < -0.39 is 6.10 Å². The van der Waals surface area contributed by atoms with Crippen LogP contribution in [0.4, 0.5) is 0 Å². The fourth-order valence-corrected chi connectivity index (χ4v) is 1.82. The van der Waals surface area contributed by atoms with Gasteiger partial charge in [-0.25, -0.2) is 0 Å². The van der Waals surface area contributed by atoms with E-state index in [1.165, 1.54) is 0 Å². The van der Waals surface area contributed by atoms with Gasteiger partial charge in [-0.15, -0.1) is 0 Å². The van der Waals surface area contributed by atoms with Gasteiger partial charge in [0.25, 0.3) is 0 Å². The summed E-state index contributed by atoms with van der Waals surface area (Å²) in [7, 11) is 0. The molecule has 0 aliphatic carbocycles. The van der Waals surface area contributed by atoms with Gasteiger partial charge >= 0.3 is 0 Å². The van der Waals surface area contributed by atoms with Crippen LogP contribution in [0.1, 0.15) is 39.4 Å². The van der Waals surface area contributed by atoms with Crippen LogP contribution in [0.15, 0.2) is 30.3 Å². The highest BCUT2D eigenvalue weighted by atomic mass is 16.5. The summed E-state index contributed by atoms with van der Waals surface area (Å²) in [5, 5.41) is 9.31. The number of ether oxygens (including phenoxy) is 2. The zero-order chi connectivity index (χ0) is 14.3. The minimum Gasteiger partial charge on any atom is -0.391 e. The first-order valence-electron chi connectivity index (χ1n) is 6.97. The lowest BCUT2D eigenvalue weighted by Crippen LogP contribution is -2.26. The standard InChI is InChI=1S/C16H26O3/c1-12(2)10-19-16(14(4)18-11-13(3)17)15-8-6-5-7-9-15/h5-9,12-14,16-17H,10-11H2,1-4H3. The van der Waals surface area contributed by atoms with E-state index in [1.54, 1.807) is 6.92 Å². The van der Waals surface area contributed by atoms with Crippen molar-refractivity contribution in [2.24, 2.45) is 5.92 Å². The van der Waals surface area contributed by atoms with E-state index in [9.17, 15) is 5.11 Å². The molecule has 0 aliphatic rings. The summed E-state index contributed by atoms with van der Waals surface area (Å²) in [6, 6.07) is 10.1. The molecule has 1 N–H and O–H groups in total. The predicted molar refractivity (Wildman–Crippen MR) is 77.1 cm³/mol. The van der Waals surface area contributed by atoms with Crippen molar-refractivity contribution in [3.8, 4) is 0 Å². The van der Waals surface area contributed by atoms with Gasteiger partial charge in [-0.2, -0.15) is 0 Å². The van der Waals surface area contributed by atoms with Crippen molar-refractivity contribution in [2.45, 2.75) is 46.0 Å². The SMILES string of the molecule is CC(C)COC(c1ccccc1)C(C)OCC(C)O. The third-order valence-corrected chi connectivity index (χ3v) is 2.76. The molecule has 0 amide bonds. The summed E-state index contributed by atoms with van der Waals surface area (Å²) in [6.45, 7) is 8.99. The molecule has 19 heavy (non-hydrogen) atoms. The Hall–Kier alpha value is -0.900. The lowest BCUT2D eigenvalue weighted by Gasteiger charge is -2.26. The third-order valence-electron chi connectivity index (χ3n) is 2.76. The normalized spacial score (nSPS) is 16.3. The molecule has 0 heterocycles. The Morgan fingerprint density at radius 3 is 2.11 bits per heavy atom. The van der Waals surface area contributed by atoms with Gasteiger partial charge in [0.1, 0.15) is 6.10 Å². The van der Waals surface area contributed by atoms with Crippen LogP contribution in [0, 0.1) is 5.92 Å². The quantitative estimate of drug-likeness (QED) is 0.785. The first kappa shape index (κ1) is 16.2. The Labute approximate surface area is 116 Å². The van der Waals surface area contributed by atoms with Crippen LogP contribution in [0.2, 0.25) is 0 Å². The second-order valence-electron chi connectivity index (χ2n) is 5.45. The average Bonchev–Trinajstić information content (AvgIpc) is 2.37. The highest BCUT2D eigenvalue weighted by Crippen LogP contribution is 2.24. The molecule has 0 radical (unpaired) electrons. The van der Waals surface area contributed by atoms with Crippen molar-refractivity contribution in [2.75, 3.05) is 13.2 Å². The second-order valence-corrected chi connectivity index (χ2v) is 5.45. The Bertz CT molecular complexity index is 335. The third kappa shape index (κ3) is 6.19. The maximum atomic E-state index is 9.31. The van der Waals surface area contributed by atoms with Gasteiger partial charge in [0.05, 0.1) is 18.8 Å². The molecule has 108 valence electrons. The summed E-state index contributed by atoms with van der Waals surface area (Å²) in [4.78, 5) is 0. The van der Waals surface area contributed by atoms with Crippen molar-refractivity contribution in [1.29, 1.82) is 0 Å². The zero-order valence-electron chi connectivity index (χ0n) is 12.4. The van der Waals surface area contributed by atoms with E-state index >= 15 is 0 Å². The monoisotopic (exact) mass is 266 g/mol. The van der Waals surface area contributed by atoms with Gasteiger partial charge in [-0.05, 0) is 25.3 Å². The first-order chi connectivity index (χ1) is 9.00. The Kier molecular flexibility index (Phi) is 7.06. The van der Waals surface area contributed by atoms with Gasteiger partial charge in [0, 0.05) is 6.61 Å². The maximum Gasteiger partial charge on any atom is 0.108 e. The van der Waals surface area contributed by atoms with Gasteiger partial charge in [0.15, 0.2) is 0 Å². The topological polar surface area (TPSA) is 38.7 Å². The van der Waals surface area contributed by atoms with Gasteiger partial charge in [-0.3, -0.25) is 0 Å². The smallest absolute Gasteiger partial charge is 0.108 e. The lowest BCUT2D eigenvalue weighted by molar-refractivity contribution is -0.0891. The lowest BCUT2D eigenvalue weighted by atomic mass is 10.0. The van der Waals surface area contributed by atoms with Crippen LogP contribution < -0.4 is 0 Å². The number of benzene rings is 1. The molecule has 1 aromatic carbocycles. The molecule has 3 unspecified atom stereocenters. The molecule has 3 nitrogen and oxygen atoms in total. The number of aliphatic hydroxyl groups is 1. The number of hydrogen-bond donors (Lipinski definition) is 1. The molecule has 0 fully saturated rings. The van der Waals surface area contributed by atoms with E-state index in [0.29, 0.717) is 19.1 Å². The molecule has 0 bridgehead atoms. The molecule has 3 atom stereocenters. The van der Waals surface area contributed by atoms with Crippen LogP contribution in [-0.2, 0) is 9.47 Å². The molecule has 1 rings (SSSR count). The van der Waals surface area contributed by atoms with E-state index in [4.69, 9.17) is 9.47 Å². The van der Waals surface area contributed by atoms with Gasteiger partial charge in [0.2, 0.25) is 0 Å². The van der Waals surface area contributed by atoms with Gasteiger partial charge < -0.3 is 14.6 Å². The fraction of sp³-hybridized carbons (Fsp3) is 0.625. The maximum absolute atomic E-state index is 9.31. The van der Waals surface area contributed by atoms with Crippen LogP contribution in [-0.4, -0.2) is 30.5 Å². The molecular formula is C16H26O3. The van der Waals surface area contributed by atoms with Crippen LogP contribution in [0.5, 0.6) is 0 Å². The highest BCUT2D eigenvalue weighted by Gasteiger charge is 2.21. The molecule has 0 saturated heterocycles. The number of hydrogen-bond acceptors (Lipinski definition) is 3. The van der Waals surface area contributed by atoms with Crippen molar-refractivity contribution < 1.29 is 14.6 Å². The number of aliphatic hydroxyl groups excluding tert-OH is 1. The van der Waals surface area contributed by atoms with E-state index in [1.807, 2.05) is 37.3 Å². The molecular weight excluding hydrogens is 240 g/mol. The minimum absolute atomic E-state index is 0.0873. The van der Waals surface area contributed by atoms with Crippen LogP contribution in [0.25, 0.3) is 0 Å². The average molecular weight is 266 g/mol. The van der Waals surface area contributed by atoms with Crippen molar-refractivity contribution in [3.05, 3.63) is 35.9 Å². The minimum atomic E-state index is -0.455. The van der Waals surface area contributed by atoms with E-state index in [-0.39, 0.29) is 12.2 Å². The van der Waals surface area contributed by atoms with Crippen LogP contribution in [0.3, 0.4) is 0 Å². The van der Waals surface area contributed by atoms with Crippen molar-refractivity contribution >= 4 is 0 Å². The van der Waals surface area contributed by atoms with E-state index in [2.05, 4.69) is 13.8 Å². The highest BCUT2D eigenvalue weighted by molar-refractivity contribution is 5.18. The summed E-state index contributed by atoms with van der Waals surface area (Å²) in [6.07, 6.45) is -0.637. The summed E-state index contributed by atoms with van der Waals surface area (Å²) in [5.74, 6) is 0.482. The molecule has 0 spiro atoms. The van der Waals surface area contributed by atoms with E-state index in [0.717, 1.165) is 5.56 Å². The molecule has 3 heteroatoms. The van der Waals surface area contributed by atoms with Gasteiger partial charge in [-0.1, -0.05) is 44.2 Å². The first-order valence-corrected chi connectivity index (χ1v) is 6.97. The molecule has 0 aromatic heterocycles. The van der Waals surface area contributed by atoms with Crippen molar-refractivity contribution in [3.63, 3.8) is 0 Å². The summed E-state index contributed by atoms with van der Waals surface area (Å²) < 4.78 is 11.7. The molecule has 0 saturated carbocycles. The largest absolute Gasteiger partial charge is 0.391 e. The fourth-order valence-electron chi connectivity index (χ4n) is 1.82. The molecule has 0 aliphatic heterocycles. The Morgan fingerprint density at radius 2 is 1.58 bits per heavy atom. The Balaban J connectivity index is 2.68. The predicted octanol–water partition coefficient (Wildman–Crippen LogP) is 3.19. The number of rotatable bonds is 8. The summed E-state index contributed by atoms with van der Waals surface area (Å²) >= 11 is 0.